The van der Waals surface area contributed by atoms with Crippen molar-refractivity contribution >= 4 is 17.3 Å². The third-order valence-electron chi connectivity index (χ3n) is 3.49. The van der Waals surface area contributed by atoms with Gasteiger partial charge in [0.1, 0.15) is 0 Å². The minimum Gasteiger partial charge on any atom is -0.493 e. The van der Waals surface area contributed by atoms with Crippen molar-refractivity contribution in [3.05, 3.63) is 23.9 Å². The zero-order chi connectivity index (χ0) is 13.1. The van der Waals surface area contributed by atoms with Crippen LogP contribution in [0, 0.1) is 5.92 Å². The molecule has 0 aromatic carbocycles. The molecule has 2 unspecified atom stereocenters. The molecule has 5 heteroatoms. The highest BCUT2D eigenvalue weighted by Gasteiger charge is 2.37. The van der Waals surface area contributed by atoms with E-state index in [1.54, 1.807) is 12.3 Å². The van der Waals surface area contributed by atoms with Crippen LogP contribution in [0.5, 0.6) is 5.88 Å². The number of hydrogen-bond acceptors (Lipinski definition) is 3. The molecule has 18 heavy (non-hydrogen) atoms. The van der Waals surface area contributed by atoms with E-state index >= 15 is 0 Å². The molecule has 0 spiro atoms. The Morgan fingerprint density at radius 2 is 2.33 bits per heavy atom. The molecule has 1 aromatic rings. The third kappa shape index (κ3) is 3.10. The zero-order valence-corrected chi connectivity index (χ0v) is 11.3. The first kappa shape index (κ1) is 13.1. The van der Waals surface area contributed by atoms with E-state index in [2.05, 4.69) is 17.2 Å². The molecule has 4 nitrogen and oxygen atoms in total. The number of aromatic hydroxyl groups is 1. The van der Waals surface area contributed by atoms with Gasteiger partial charge in [-0.1, -0.05) is 13.0 Å². The van der Waals surface area contributed by atoms with Gasteiger partial charge in [0, 0.05) is 24.2 Å². The van der Waals surface area contributed by atoms with Gasteiger partial charge >= 0.3 is 0 Å². The van der Waals surface area contributed by atoms with Gasteiger partial charge in [0.15, 0.2) is 5.11 Å². The fraction of sp³-hybridized carbons (Fsp3) is 0.538. The van der Waals surface area contributed by atoms with E-state index in [9.17, 15) is 5.11 Å². The summed E-state index contributed by atoms with van der Waals surface area (Å²) in [6.07, 6.45) is 5.18. The molecule has 1 aromatic heterocycles. The lowest BCUT2D eigenvalue weighted by molar-refractivity contribution is 0.430. The molecule has 1 heterocycles. The maximum Gasteiger partial charge on any atom is 0.210 e. The molecular formula is C13H19N3OS. The number of rotatable bonds is 5. The van der Waals surface area contributed by atoms with Crippen LogP contribution in [0.3, 0.4) is 0 Å². The molecule has 0 aliphatic heterocycles. The normalized spacial score (nSPS) is 18.1. The summed E-state index contributed by atoms with van der Waals surface area (Å²) in [6, 6.07) is 3.81. The molecule has 0 bridgehead atoms. The van der Waals surface area contributed by atoms with Crippen LogP contribution in [0.25, 0.3) is 0 Å². The number of nitrogens with two attached hydrogens (primary N) is 1. The van der Waals surface area contributed by atoms with Crippen molar-refractivity contribution in [1.82, 2.24) is 10.3 Å². The Bertz CT molecular complexity index is 417. The highest BCUT2D eigenvalue weighted by Crippen LogP contribution is 2.45. The summed E-state index contributed by atoms with van der Waals surface area (Å²) in [4.78, 5) is 3.97. The summed E-state index contributed by atoms with van der Waals surface area (Å²) in [5, 5.41) is 12.8. The van der Waals surface area contributed by atoms with Gasteiger partial charge in [-0.05, 0) is 43.0 Å². The van der Waals surface area contributed by atoms with Crippen LogP contribution >= 0.6 is 12.2 Å². The second kappa shape index (κ2) is 5.52. The van der Waals surface area contributed by atoms with Gasteiger partial charge in [-0.15, -0.1) is 0 Å². The van der Waals surface area contributed by atoms with Crippen LogP contribution in [0.2, 0.25) is 0 Å². The summed E-state index contributed by atoms with van der Waals surface area (Å²) in [6.45, 7) is 2.12. The molecule has 1 aliphatic rings. The van der Waals surface area contributed by atoms with Crippen molar-refractivity contribution in [3.63, 3.8) is 0 Å². The maximum absolute atomic E-state index is 9.27. The fourth-order valence-corrected chi connectivity index (χ4v) is 2.66. The number of hydrogen-bond donors (Lipinski definition) is 3. The van der Waals surface area contributed by atoms with Crippen LogP contribution in [0.4, 0.5) is 0 Å². The molecule has 4 N–H and O–H groups in total. The lowest BCUT2D eigenvalue weighted by Crippen LogP contribution is -2.42. The SMILES string of the molecule is CCC(NC(N)=S)C(c1ccc(O)nc1)C1CC1. The molecule has 2 atom stereocenters. The van der Waals surface area contributed by atoms with Crippen molar-refractivity contribution in [1.29, 1.82) is 0 Å². The average Bonchev–Trinajstić information content (AvgIpc) is 3.14. The van der Waals surface area contributed by atoms with Gasteiger partial charge in [0.05, 0.1) is 0 Å². The van der Waals surface area contributed by atoms with E-state index in [1.807, 2.05) is 6.07 Å². The Kier molecular flexibility index (Phi) is 4.01. The Morgan fingerprint density at radius 1 is 1.61 bits per heavy atom. The number of nitrogens with one attached hydrogen (secondary N) is 1. The monoisotopic (exact) mass is 265 g/mol. The molecule has 0 amide bonds. The maximum atomic E-state index is 9.27. The van der Waals surface area contributed by atoms with E-state index in [0.717, 1.165) is 12.0 Å². The first-order valence-electron chi connectivity index (χ1n) is 6.32. The van der Waals surface area contributed by atoms with Crippen LogP contribution in [-0.4, -0.2) is 21.2 Å². The number of aromatic nitrogens is 1. The quantitative estimate of drug-likeness (QED) is 0.709. The average molecular weight is 265 g/mol. The van der Waals surface area contributed by atoms with Crippen molar-refractivity contribution in [3.8, 4) is 5.88 Å². The van der Waals surface area contributed by atoms with Crippen LogP contribution < -0.4 is 11.1 Å². The first-order chi connectivity index (χ1) is 8.61. The second-order valence-electron chi connectivity index (χ2n) is 4.84. The molecule has 0 radical (unpaired) electrons. The van der Waals surface area contributed by atoms with E-state index in [0.29, 0.717) is 16.9 Å². The molecule has 1 fully saturated rings. The summed E-state index contributed by atoms with van der Waals surface area (Å²) in [7, 11) is 0. The Hall–Kier alpha value is -1.36. The second-order valence-corrected chi connectivity index (χ2v) is 5.28. The minimum atomic E-state index is 0.0589. The predicted molar refractivity (Wildman–Crippen MR) is 75.4 cm³/mol. The molecule has 0 saturated heterocycles. The predicted octanol–water partition coefficient (Wildman–Crippen LogP) is 1.89. The van der Waals surface area contributed by atoms with Crippen LogP contribution in [0.15, 0.2) is 18.3 Å². The van der Waals surface area contributed by atoms with Crippen LogP contribution in [-0.2, 0) is 0 Å². The van der Waals surface area contributed by atoms with E-state index < -0.39 is 0 Å². The first-order valence-corrected chi connectivity index (χ1v) is 6.73. The summed E-state index contributed by atoms with van der Waals surface area (Å²) < 4.78 is 0. The van der Waals surface area contributed by atoms with E-state index in [1.165, 1.54) is 12.8 Å². The van der Waals surface area contributed by atoms with Gasteiger partial charge in [-0.3, -0.25) is 0 Å². The lowest BCUT2D eigenvalue weighted by atomic mass is 9.86. The number of thiocarbonyl (C=S) groups is 1. The topological polar surface area (TPSA) is 71.2 Å². The van der Waals surface area contributed by atoms with Crippen molar-refractivity contribution < 1.29 is 5.11 Å². The molecule has 2 rings (SSSR count). The van der Waals surface area contributed by atoms with Gasteiger partial charge in [0.2, 0.25) is 5.88 Å². The smallest absolute Gasteiger partial charge is 0.210 e. The Labute approximate surface area is 113 Å². The number of pyridine rings is 1. The largest absolute Gasteiger partial charge is 0.493 e. The third-order valence-corrected chi connectivity index (χ3v) is 3.60. The highest BCUT2D eigenvalue weighted by atomic mass is 32.1. The van der Waals surface area contributed by atoms with Crippen molar-refractivity contribution in [2.45, 2.75) is 38.1 Å². The van der Waals surface area contributed by atoms with Crippen molar-refractivity contribution in [2.75, 3.05) is 0 Å². The summed E-state index contributed by atoms with van der Waals surface area (Å²) in [5.41, 5.74) is 6.74. The molecule has 98 valence electrons. The Balaban J connectivity index is 2.21. The fourth-order valence-electron chi connectivity index (χ4n) is 2.51. The number of nitrogens with zero attached hydrogens (tertiary/aromatic N) is 1. The van der Waals surface area contributed by atoms with Crippen LogP contribution in [0.1, 0.15) is 37.7 Å². The van der Waals surface area contributed by atoms with Gasteiger partial charge in [0.25, 0.3) is 0 Å². The summed E-state index contributed by atoms with van der Waals surface area (Å²) >= 11 is 4.95. The molecule has 1 aliphatic carbocycles. The standard InChI is InChI=1S/C13H19N3OS/c1-2-10(16-13(14)18)12(8-3-4-8)9-5-6-11(17)15-7-9/h5-8,10,12H,2-4H2,1H3,(H,15,17)(H3,14,16,18). The van der Waals surface area contributed by atoms with E-state index in [4.69, 9.17) is 18.0 Å². The van der Waals surface area contributed by atoms with Crippen molar-refractivity contribution in [2.24, 2.45) is 11.7 Å². The minimum absolute atomic E-state index is 0.0589. The van der Waals surface area contributed by atoms with Gasteiger partial charge in [-0.25, -0.2) is 4.98 Å². The van der Waals surface area contributed by atoms with Gasteiger partial charge < -0.3 is 16.2 Å². The van der Waals surface area contributed by atoms with E-state index in [-0.39, 0.29) is 11.9 Å². The lowest BCUT2D eigenvalue weighted by Gasteiger charge is -2.27. The Morgan fingerprint density at radius 3 is 2.78 bits per heavy atom. The molecule has 1 saturated carbocycles. The zero-order valence-electron chi connectivity index (χ0n) is 10.5. The van der Waals surface area contributed by atoms with Gasteiger partial charge in [-0.2, -0.15) is 0 Å². The highest BCUT2D eigenvalue weighted by molar-refractivity contribution is 7.80. The molecular weight excluding hydrogens is 246 g/mol. The summed E-state index contributed by atoms with van der Waals surface area (Å²) in [5.74, 6) is 1.09.